The highest BCUT2D eigenvalue weighted by molar-refractivity contribution is 5.74. The zero-order valence-corrected chi connectivity index (χ0v) is 17.6. The van der Waals surface area contributed by atoms with E-state index in [9.17, 15) is 9.18 Å². The highest BCUT2D eigenvalue weighted by atomic mass is 19.1. The molecule has 0 aromatic heterocycles. The summed E-state index contributed by atoms with van der Waals surface area (Å²) in [5.41, 5.74) is 3.22. The van der Waals surface area contributed by atoms with Crippen molar-refractivity contribution in [3.63, 3.8) is 0 Å². The number of carbonyl (C=O) groups excluding carboxylic acids is 1. The fourth-order valence-corrected chi connectivity index (χ4v) is 4.31. The molecule has 4 rings (SSSR count). The Balaban J connectivity index is 1.42. The van der Waals surface area contributed by atoms with Gasteiger partial charge in [0.2, 0.25) is 0 Å². The van der Waals surface area contributed by atoms with Gasteiger partial charge in [0, 0.05) is 25.7 Å². The first kappa shape index (κ1) is 20.7. The van der Waals surface area contributed by atoms with Crippen LogP contribution < -0.4 is 10.1 Å². The van der Waals surface area contributed by atoms with Crippen LogP contribution >= 0.6 is 0 Å². The van der Waals surface area contributed by atoms with Crippen molar-refractivity contribution < 1.29 is 13.9 Å². The Labute approximate surface area is 177 Å². The summed E-state index contributed by atoms with van der Waals surface area (Å²) in [5.74, 6) is 0.695. The Bertz CT molecular complexity index is 871. The molecule has 0 aliphatic carbocycles. The molecule has 1 saturated heterocycles. The van der Waals surface area contributed by atoms with Crippen LogP contribution in [0.1, 0.15) is 36.0 Å². The molecule has 2 aliphatic heterocycles. The third-order valence-corrected chi connectivity index (χ3v) is 6.09. The maximum absolute atomic E-state index is 13.3. The molecule has 0 saturated carbocycles. The third-order valence-electron chi connectivity index (χ3n) is 6.09. The van der Waals surface area contributed by atoms with Crippen molar-refractivity contribution in [2.24, 2.45) is 0 Å². The summed E-state index contributed by atoms with van der Waals surface area (Å²) in [5, 5.41) is 3.08. The van der Waals surface area contributed by atoms with E-state index in [1.54, 1.807) is 12.1 Å². The molecule has 0 spiro atoms. The van der Waals surface area contributed by atoms with Crippen molar-refractivity contribution in [3.05, 3.63) is 65.0 Å². The molecule has 2 amide bonds. The van der Waals surface area contributed by atoms with Crippen molar-refractivity contribution in [3.8, 4) is 5.75 Å². The lowest BCUT2D eigenvalue weighted by Crippen LogP contribution is -2.45. The van der Waals surface area contributed by atoms with E-state index >= 15 is 0 Å². The van der Waals surface area contributed by atoms with Crippen LogP contribution in [0.5, 0.6) is 5.75 Å². The minimum atomic E-state index is -0.262. The quantitative estimate of drug-likeness (QED) is 0.783. The number of ether oxygens (including phenoxy) is 1. The number of hydrogen-bond donors (Lipinski definition) is 1. The predicted octanol–water partition coefficient (Wildman–Crippen LogP) is 3.96. The van der Waals surface area contributed by atoms with Crippen LogP contribution in [0.15, 0.2) is 42.5 Å². The minimum absolute atomic E-state index is 0.0893. The van der Waals surface area contributed by atoms with Gasteiger partial charge in [0.05, 0.1) is 6.61 Å². The maximum atomic E-state index is 13.3. The smallest absolute Gasteiger partial charge is 0.318 e. The lowest BCUT2D eigenvalue weighted by Gasteiger charge is -2.29. The number of aryl methyl sites for hydroxylation is 1. The molecule has 2 aromatic rings. The van der Waals surface area contributed by atoms with E-state index in [1.165, 1.54) is 17.7 Å². The average molecular weight is 412 g/mol. The van der Waals surface area contributed by atoms with Gasteiger partial charge in [-0.3, -0.25) is 0 Å². The van der Waals surface area contributed by atoms with Crippen LogP contribution in [0.25, 0.3) is 0 Å². The van der Waals surface area contributed by atoms with E-state index in [0.29, 0.717) is 25.7 Å². The standard InChI is InChI=1S/C24H30FN3O2/c1-27-12-2-5-22(27)17-28(16-18-6-9-21(25)10-7-18)24(29)26-15-19-8-11-23-20(14-19)4-3-13-30-23/h6-11,14,22H,2-5,12-13,15-17H2,1H3,(H,26,29)/t22-/m0/s1. The van der Waals surface area contributed by atoms with Crippen LogP contribution in [0.3, 0.4) is 0 Å². The van der Waals surface area contributed by atoms with Crippen LogP contribution in [0, 0.1) is 5.82 Å². The number of benzene rings is 2. The topological polar surface area (TPSA) is 44.8 Å². The Morgan fingerprint density at radius 2 is 2.00 bits per heavy atom. The van der Waals surface area contributed by atoms with Crippen molar-refractivity contribution >= 4 is 6.03 Å². The molecule has 2 heterocycles. The van der Waals surface area contributed by atoms with Gasteiger partial charge in [-0.15, -0.1) is 0 Å². The van der Waals surface area contributed by atoms with E-state index in [1.807, 2.05) is 17.0 Å². The van der Waals surface area contributed by atoms with E-state index in [0.717, 1.165) is 55.7 Å². The van der Waals surface area contributed by atoms with Gasteiger partial charge in [0.1, 0.15) is 11.6 Å². The van der Waals surface area contributed by atoms with Gasteiger partial charge in [-0.1, -0.05) is 24.3 Å². The zero-order valence-electron chi connectivity index (χ0n) is 17.6. The zero-order chi connectivity index (χ0) is 20.9. The van der Waals surface area contributed by atoms with Gasteiger partial charge in [0.15, 0.2) is 0 Å². The van der Waals surface area contributed by atoms with Crippen LogP contribution in [-0.4, -0.2) is 48.6 Å². The summed E-state index contributed by atoms with van der Waals surface area (Å²) in [7, 11) is 2.11. The van der Waals surface area contributed by atoms with Gasteiger partial charge in [-0.2, -0.15) is 0 Å². The van der Waals surface area contributed by atoms with Crippen molar-refractivity contribution in [2.75, 3.05) is 26.7 Å². The molecule has 30 heavy (non-hydrogen) atoms. The van der Waals surface area contributed by atoms with E-state index in [4.69, 9.17) is 4.74 Å². The number of rotatable bonds is 6. The SMILES string of the molecule is CN1CCC[C@H]1CN(Cc1ccc(F)cc1)C(=O)NCc1ccc2c(c1)CCCO2. The fraction of sp³-hybridized carbons (Fsp3) is 0.458. The van der Waals surface area contributed by atoms with Crippen LogP contribution in [0.2, 0.25) is 0 Å². The van der Waals surface area contributed by atoms with Gasteiger partial charge in [0.25, 0.3) is 0 Å². The molecule has 160 valence electrons. The monoisotopic (exact) mass is 411 g/mol. The summed E-state index contributed by atoms with van der Waals surface area (Å²) >= 11 is 0. The van der Waals surface area contributed by atoms with E-state index < -0.39 is 0 Å². The first-order valence-corrected chi connectivity index (χ1v) is 10.8. The predicted molar refractivity (Wildman–Crippen MR) is 115 cm³/mol. The molecule has 2 aliphatic rings. The molecule has 0 radical (unpaired) electrons. The van der Waals surface area contributed by atoms with Crippen LogP contribution in [0.4, 0.5) is 9.18 Å². The second-order valence-electron chi connectivity index (χ2n) is 8.34. The van der Waals surface area contributed by atoms with Crippen molar-refractivity contribution in [2.45, 2.75) is 44.8 Å². The average Bonchev–Trinajstić information content (AvgIpc) is 3.17. The maximum Gasteiger partial charge on any atom is 0.318 e. The highest BCUT2D eigenvalue weighted by Crippen LogP contribution is 2.25. The summed E-state index contributed by atoms with van der Waals surface area (Å²) in [6.45, 7) is 3.45. The van der Waals surface area contributed by atoms with E-state index in [-0.39, 0.29) is 11.8 Å². The Kier molecular flexibility index (Phi) is 6.53. The number of nitrogens with one attached hydrogen (secondary N) is 1. The minimum Gasteiger partial charge on any atom is -0.493 e. The summed E-state index contributed by atoms with van der Waals surface area (Å²) in [6.07, 6.45) is 4.30. The molecule has 5 nitrogen and oxygen atoms in total. The van der Waals surface area contributed by atoms with Gasteiger partial charge in [-0.25, -0.2) is 9.18 Å². The van der Waals surface area contributed by atoms with Crippen LogP contribution in [-0.2, 0) is 19.5 Å². The van der Waals surface area contributed by atoms with Crippen molar-refractivity contribution in [1.29, 1.82) is 0 Å². The summed E-state index contributed by atoms with van der Waals surface area (Å²) in [4.78, 5) is 17.2. The number of amides is 2. The van der Waals surface area contributed by atoms with Gasteiger partial charge in [-0.05, 0) is 74.2 Å². The number of halogens is 1. The normalized spacial score (nSPS) is 18.5. The number of carbonyl (C=O) groups is 1. The second-order valence-corrected chi connectivity index (χ2v) is 8.34. The molecule has 1 N–H and O–H groups in total. The number of likely N-dealkylation sites (N-methyl/N-ethyl adjacent to an activating group) is 1. The number of hydrogen-bond acceptors (Lipinski definition) is 3. The fourth-order valence-electron chi connectivity index (χ4n) is 4.31. The number of nitrogens with zero attached hydrogens (tertiary/aromatic N) is 2. The summed E-state index contributed by atoms with van der Waals surface area (Å²) in [6, 6.07) is 12.8. The summed E-state index contributed by atoms with van der Waals surface area (Å²) < 4.78 is 19.0. The molecule has 0 unspecified atom stereocenters. The Morgan fingerprint density at radius 3 is 2.77 bits per heavy atom. The molecular formula is C24H30FN3O2. The second kappa shape index (κ2) is 9.47. The first-order valence-electron chi connectivity index (χ1n) is 10.8. The molecule has 1 atom stereocenters. The molecule has 2 aromatic carbocycles. The van der Waals surface area contributed by atoms with Gasteiger partial charge >= 0.3 is 6.03 Å². The van der Waals surface area contributed by atoms with Gasteiger partial charge < -0.3 is 19.9 Å². The Morgan fingerprint density at radius 1 is 1.20 bits per heavy atom. The lowest BCUT2D eigenvalue weighted by molar-refractivity contribution is 0.172. The van der Waals surface area contributed by atoms with E-state index in [2.05, 4.69) is 23.3 Å². The molecule has 0 bridgehead atoms. The number of urea groups is 1. The lowest BCUT2D eigenvalue weighted by atomic mass is 10.0. The van der Waals surface area contributed by atoms with Crippen molar-refractivity contribution in [1.82, 2.24) is 15.1 Å². The highest BCUT2D eigenvalue weighted by Gasteiger charge is 2.26. The number of likely N-dealkylation sites (tertiary alicyclic amines) is 1. The largest absolute Gasteiger partial charge is 0.493 e. The third kappa shape index (κ3) is 5.11. The molecular weight excluding hydrogens is 381 g/mol. The molecule has 6 heteroatoms. The number of fused-ring (bicyclic) bond motifs is 1. The Hall–Kier alpha value is -2.60. The first-order chi connectivity index (χ1) is 14.6. The molecule has 1 fully saturated rings.